The molecule has 4 nitrogen and oxygen atoms in total. The SMILES string of the molecule is COC(CNC(=O)c1ccc(F)cc1Cl)c1ccco1. The lowest BCUT2D eigenvalue weighted by Gasteiger charge is -2.14. The lowest BCUT2D eigenvalue weighted by atomic mass is 10.2. The average Bonchev–Trinajstić information content (AvgIpc) is 2.93. The highest BCUT2D eigenvalue weighted by molar-refractivity contribution is 6.33. The topological polar surface area (TPSA) is 51.5 Å². The highest BCUT2D eigenvalue weighted by atomic mass is 35.5. The molecule has 0 saturated carbocycles. The normalized spacial score (nSPS) is 12.2. The van der Waals surface area contributed by atoms with Crippen LogP contribution in [0.3, 0.4) is 0 Å². The van der Waals surface area contributed by atoms with E-state index in [1.54, 1.807) is 12.1 Å². The van der Waals surface area contributed by atoms with Crippen molar-refractivity contribution in [3.05, 3.63) is 58.8 Å². The molecule has 20 heavy (non-hydrogen) atoms. The zero-order valence-corrected chi connectivity index (χ0v) is 11.5. The van der Waals surface area contributed by atoms with Gasteiger partial charge in [-0.2, -0.15) is 0 Å². The first-order valence-corrected chi connectivity index (χ1v) is 6.29. The summed E-state index contributed by atoms with van der Waals surface area (Å²) >= 11 is 5.82. The maximum atomic E-state index is 12.9. The van der Waals surface area contributed by atoms with E-state index in [0.29, 0.717) is 5.76 Å². The number of carbonyl (C=O) groups excluding carboxylic acids is 1. The number of hydrogen-bond acceptors (Lipinski definition) is 3. The monoisotopic (exact) mass is 297 g/mol. The van der Waals surface area contributed by atoms with Crippen molar-refractivity contribution in [3.63, 3.8) is 0 Å². The summed E-state index contributed by atoms with van der Waals surface area (Å²) in [6.45, 7) is 0.219. The molecular formula is C14H13ClFNO3. The summed E-state index contributed by atoms with van der Waals surface area (Å²) in [5.74, 6) is -0.279. The van der Waals surface area contributed by atoms with Crippen molar-refractivity contribution in [2.45, 2.75) is 6.10 Å². The van der Waals surface area contributed by atoms with Gasteiger partial charge in [-0.05, 0) is 30.3 Å². The number of nitrogens with one attached hydrogen (secondary N) is 1. The fourth-order valence-electron chi connectivity index (χ4n) is 1.73. The third-order valence-corrected chi connectivity index (χ3v) is 3.08. The van der Waals surface area contributed by atoms with Gasteiger partial charge in [-0.3, -0.25) is 4.79 Å². The zero-order chi connectivity index (χ0) is 14.5. The van der Waals surface area contributed by atoms with Crippen LogP contribution in [0, 0.1) is 5.82 Å². The molecule has 1 heterocycles. The summed E-state index contributed by atoms with van der Waals surface area (Å²) in [4.78, 5) is 12.0. The molecule has 1 atom stereocenters. The van der Waals surface area contributed by atoms with Gasteiger partial charge in [0, 0.05) is 7.11 Å². The third kappa shape index (κ3) is 3.37. The smallest absolute Gasteiger partial charge is 0.252 e. The predicted molar refractivity (Wildman–Crippen MR) is 72.2 cm³/mol. The van der Waals surface area contributed by atoms with Crippen molar-refractivity contribution in [1.29, 1.82) is 0 Å². The summed E-state index contributed by atoms with van der Waals surface area (Å²) in [7, 11) is 1.52. The number of halogens is 2. The number of rotatable bonds is 5. The number of hydrogen-bond donors (Lipinski definition) is 1. The van der Waals surface area contributed by atoms with Gasteiger partial charge in [0.15, 0.2) is 0 Å². The Morgan fingerprint density at radius 3 is 2.90 bits per heavy atom. The van der Waals surface area contributed by atoms with Crippen LogP contribution in [0.5, 0.6) is 0 Å². The van der Waals surface area contributed by atoms with Crippen LogP contribution in [0.2, 0.25) is 5.02 Å². The van der Waals surface area contributed by atoms with Gasteiger partial charge in [0.2, 0.25) is 0 Å². The van der Waals surface area contributed by atoms with E-state index in [1.165, 1.54) is 25.5 Å². The lowest BCUT2D eigenvalue weighted by Crippen LogP contribution is -2.29. The largest absolute Gasteiger partial charge is 0.467 e. The van der Waals surface area contributed by atoms with E-state index in [4.69, 9.17) is 20.8 Å². The van der Waals surface area contributed by atoms with Crippen LogP contribution in [0.4, 0.5) is 4.39 Å². The molecule has 1 amide bonds. The van der Waals surface area contributed by atoms with Crippen molar-refractivity contribution in [2.75, 3.05) is 13.7 Å². The molecule has 2 rings (SSSR count). The van der Waals surface area contributed by atoms with Gasteiger partial charge in [0.1, 0.15) is 17.7 Å². The fourth-order valence-corrected chi connectivity index (χ4v) is 1.98. The van der Waals surface area contributed by atoms with E-state index >= 15 is 0 Å². The number of methoxy groups -OCH3 is 1. The van der Waals surface area contributed by atoms with E-state index < -0.39 is 17.8 Å². The highest BCUT2D eigenvalue weighted by Gasteiger charge is 2.16. The second kappa shape index (κ2) is 6.54. The van der Waals surface area contributed by atoms with Crippen molar-refractivity contribution < 1.29 is 18.3 Å². The number of ether oxygens (including phenoxy) is 1. The maximum Gasteiger partial charge on any atom is 0.252 e. The summed E-state index contributed by atoms with van der Waals surface area (Å²) in [5, 5.41) is 2.73. The Bertz CT molecular complexity index is 586. The Labute approximate surface area is 120 Å². The molecule has 2 aromatic rings. The molecule has 0 radical (unpaired) electrons. The molecule has 0 aliphatic rings. The summed E-state index contributed by atoms with van der Waals surface area (Å²) in [6, 6.07) is 7.10. The van der Waals surface area contributed by atoms with Gasteiger partial charge in [-0.25, -0.2) is 4.39 Å². The minimum absolute atomic E-state index is 0.0643. The standard InChI is InChI=1S/C14H13ClFNO3/c1-19-13(12-3-2-6-20-12)8-17-14(18)10-5-4-9(16)7-11(10)15/h2-7,13H,8H2,1H3,(H,17,18). The second-order valence-electron chi connectivity index (χ2n) is 4.07. The molecule has 1 aromatic heterocycles. The van der Waals surface area contributed by atoms with Crippen molar-refractivity contribution in [1.82, 2.24) is 5.32 Å². The summed E-state index contributed by atoms with van der Waals surface area (Å²) in [5.41, 5.74) is 0.211. The van der Waals surface area contributed by atoms with Crippen LogP contribution in [-0.2, 0) is 4.74 Å². The van der Waals surface area contributed by atoms with E-state index in [2.05, 4.69) is 5.32 Å². The van der Waals surface area contributed by atoms with Crippen LogP contribution in [0.1, 0.15) is 22.2 Å². The quantitative estimate of drug-likeness (QED) is 0.922. The first kappa shape index (κ1) is 14.6. The number of benzene rings is 1. The second-order valence-corrected chi connectivity index (χ2v) is 4.48. The molecule has 1 aromatic carbocycles. The Morgan fingerprint density at radius 1 is 1.50 bits per heavy atom. The molecule has 0 fully saturated rings. The van der Waals surface area contributed by atoms with Crippen LogP contribution in [0.15, 0.2) is 41.0 Å². The summed E-state index contributed by atoms with van der Waals surface area (Å²) in [6.07, 6.45) is 1.13. The zero-order valence-electron chi connectivity index (χ0n) is 10.7. The minimum Gasteiger partial charge on any atom is -0.467 e. The highest BCUT2D eigenvalue weighted by Crippen LogP contribution is 2.19. The molecule has 6 heteroatoms. The Kier molecular flexibility index (Phi) is 4.76. The molecule has 0 spiro atoms. The molecule has 106 valence electrons. The van der Waals surface area contributed by atoms with Gasteiger partial charge in [0.25, 0.3) is 5.91 Å². The molecule has 1 unspecified atom stereocenters. The third-order valence-electron chi connectivity index (χ3n) is 2.77. The van der Waals surface area contributed by atoms with E-state index in [0.717, 1.165) is 6.07 Å². The number of furan rings is 1. The Hall–Kier alpha value is -1.85. The van der Waals surface area contributed by atoms with E-state index in [9.17, 15) is 9.18 Å². The molecule has 0 aliphatic heterocycles. The molecule has 1 N–H and O–H groups in total. The Balaban J connectivity index is 2.01. The van der Waals surface area contributed by atoms with Crippen molar-refractivity contribution in [3.8, 4) is 0 Å². The van der Waals surface area contributed by atoms with Crippen LogP contribution in [0.25, 0.3) is 0 Å². The predicted octanol–water partition coefficient (Wildman–Crippen LogP) is 3.19. The molecule has 0 bridgehead atoms. The first-order chi connectivity index (χ1) is 9.61. The average molecular weight is 298 g/mol. The van der Waals surface area contributed by atoms with Crippen molar-refractivity contribution in [2.24, 2.45) is 0 Å². The van der Waals surface area contributed by atoms with Gasteiger partial charge in [-0.1, -0.05) is 11.6 Å². The van der Waals surface area contributed by atoms with Gasteiger partial charge in [0.05, 0.1) is 23.4 Å². The maximum absolute atomic E-state index is 12.9. The Morgan fingerprint density at radius 2 is 2.30 bits per heavy atom. The van der Waals surface area contributed by atoms with E-state index in [-0.39, 0.29) is 17.1 Å². The molecule has 0 aliphatic carbocycles. The summed E-state index contributed by atoms with van der Waals surface area (Å²) < 4.78 is 23.4. The van der Waals surface area contributed by atoms with Crippen LogP contribution < -0.4 is 5.32 Å². The fraction of sp³-hybridized carbons (Fsp3) is 0.214. The number of carbonyl (C=O) groups is 1. The van der Waals surface area contributed by atoms with Gasteiger partial charge in [-0.15, -0.1) is 0 Å². The lowest BCUT2D eigenvalue weighted by molar-refractivity contribution is 0.0738. The molecule has 0 saturated heterocycles. The van der Waals surface area contributed by atoms with Crippen LogP contribution in [-0.4, -0.2) is 19.6 Å². The first-order valence-electron chi connectivity index (χ1n) is 5.91. The van der Waals surface area contributed by atoms with Gasteiger partial charge >= 0.3 is 0 Å². The minimum atomic E-state index is -0.489. The van der Waals surface area contributed by atoms with Crippen LogP contribution >= 0.6 is 11.6 Å². The van der Waals surface area contributed by atoms with E-state index in [1.807, 2.05) is 0 Å². The molecular weight excluding hydrogens is 285 g/mol. The number of amides is 1. The van der Waals surface area contributed by atoms with Gasteiger partial charge < -0.3 is 14.5 Å². The van der Waals surface area contributed by atoms with Crippen molar-refractivity contribution >= 4 is 17.5 Å².